The van der Waals surface area contributed by atoms with E-state index in [-0.39, 0.29) is 23.5 Å². The monoisotopic (exact) mass is 466 g/mol. The number of anilines is 1. The number of benzene rings is 3. The molecule has 0 saturated carbocycles. The molecule has 0 fully saturated rings. The van der Waals surface area contributed by atoms with Gasteiger partial charge in [-0.15, -0.1) is 0 Å². The average Bonchev–Trinajstić information content (AvgIpc) is 3.14. The Balaban J connectivity index is 1.58. The van der Waals surface area contributed by atoms with Gasteiger partial charge in [-0.2, -0.15) is 8.78 Å². The fourth-order valence-electron chi connectivity index (χ4n) is 3.41. The number of carbonyl (C=O) groups excluding carboxylic acids is 2. The number of fused-ring (bicyclic) bond motifs is 1. The summed E-state index contributed by atoms with van der Waals surface area (Å²) >= 11 is 0.275. The molecule has 3 aromatic carbocycles. The molecule has 168 valence electrons. The molecule has 4 aromatic rings. The van der Waals surface area contributed by atoms with E-state index in [1.165, 1.54) is 4.57 Å². The minimum absolute atomic E-state index is 0.0337. The van der Waals surface area contributed by atoms with Crippen LogP contribution in [0.25, 0.3) is 11.0 Å². The SMILES string of the molecule is O=C(Cn1c(SC(F)F)nc2ccccc21)NC(C(=O)Nc1ccccc1)c1ccccc1. The summed E-state index contributed by atoms with van der Waals surface area (Å²) in [5.41, 5.74) is 2.25. The fourth-order valence-corrected chi connectivity index (χ4v) is 4.01. The molecule has 0 radical (unpaired) electrons. The van der Waals surface area contributed by atoms with Gasteiger partial charge in [0.25, 0.3) is 11.7 Å². The number of thioether (sulfide) groups is 1. The molecule has 0 aliphatic carbocycles. The van der Waals surface area contributed by atoms with Gasteiger partial charge >= 0.3 is 0 Å². The zero-order valence-electron chi connectivity index (χ0n) is 17.3. The van der Waals surface area contributed by atoms with Crippen LogP contribution in [0.5, 0.6) is 0 Å². The lowest BCUT2D eigenvalue weighted by Gasteiger charge is -2.19. The number of rotatable bonds is 8. The van der Waals surface area contributed by atoms with Gasteiger partial charge in [-0.25, -0.2) is 4.98 Å². The Morgan fingerprint density at radius 1 is 0.909 bits per heavy atom. The second-order valence-corrected chi connectivity index (χ2v) is 8.07. The molecule has 0 saturated heterocycles. The second kappa shape index (κ2) is 10.3. The van der Waals surface area contributed by atoms with Crippen LogP contribution in [-0.2, 0) is 16.1 Å². The maximum Gasteiger partial charge on any atom is 0.291 e. The molecule has 1 atom stereocenters. The van der Waals surface area contributed by atoms with E-state index < -0.39 is 23.6 Å². The summed E-state index contributed by atoms with van der Waals surface area (Å²) in [5, 5.41) is 5.57. The van der Waals surface area contributed by atoms with Gasteiger partial charge < -0.3 is 15.2 Å². The third kappa shape index (κ3) is 5.56. The molecule has 33 heavy (non-hydrogen) atoms. The first kappa shape index (κ1) is 22.5. The van der Waals surface area contributed by atoms with Crippen molar-refractivity contribution in [1.82, 2.24) is 14.9 Å². The number of amides is 2. The Labute approximate surface area is 193 Å². The van der Waals surface area contributed by atoms with Gasteiger partial charge in [0.05, 0.1) is 11.0 Å². The van der Waals surface area contributed by atoms with E-state index in [4.69, 9.17) is 0 Å². The van der Waals surface area contributed by atoms with Gasteiger partial charge in [-0.1, -0.05) is 60.7 Å². The van der Waals surface area contributed by atoms with Gasteiger partial charge in [0, 0.05) is 5.69 Å². The van der Waals surface area contributed by atoms with Crippen molar-refractivity contribution in [3.8, 4) is 0 Å². The van der Waals surface area contributed by atoms with Crippen LogP contribution < -0.4 is 10.6 Å². The Morgan fingerprint density at radius 2 is 1.55 bits per heavy atom. The van der Waals surface area contributed by atoms with E-state index in [0.29, 0.717) is 22.3 Å². The van der Waals surface area contributed by atoms with Gasteiger partial charge in [-0.05, 0) is 41.6 Å². The molecular formula is C24H20F2N4O2S. The van der Waals surface area contributed by atoms with Crippen molar-refractivity contribution in [3.63, 3.8) is 0 Å². The van der Waals surface area contributed by atoms with Gasteiger partial charge in [0.2, 0.25) is 5.91 Å². The molecule has 6 nitrogen and oxygen atoms in total. The lowest BCUT2D eigenvalue weighted by atomic mass is 10.1. The number of imidazole rings is 1. The number of para-hydroxylation sites is 3. The first-order chi connectivity index (χ1) is 16.0. The highest BCUT2D eigenvalue weighted by molar-refractivity contribution is 7.99. The number of nitrogens with one attached hydrogen (secondary N) is 2. The van der Waals surface area contributed by atoms with Gasteiger partial charge in [0.1, 0.15) is 12.6 Å². The first-order valence-corrected chi connectivity index (χ1v) is 11.0. The summed E-state index contributed by atoms with van der Waals surface area (Å²) in [6.45, 7) is -0.266. The average molecular weight is 467 g/mol. The van der Waals surface area contributed by atoms with Crippen molar-refractivity contribution in [2.75, 3.05) is 5.32 Å². The molecule has 1 unspecified atom stereocenters. The molecule has 4 rings (SSSR count). The van der Waals surface area contributed by atoms with E-state index in [1.807, 2.05) is 12.1 Å². The maximum absolute atomic E-state index is 13.1. The van der Waals surface area contributed by atoms with E-state index in [9.17, 15) is 18.4 Å². The highest BCUT2D eigenvalue weighted by atomic mass is 32.2. The number of hydrogen-bond donors (Lipinski definition) is 2. The van der Waals surface area contributed by atoms with Gasteiger partial charge in [-0.3, -0.25) is 9.59 Å². The zero-order valence-corrected chi connectivity index (χ0v) is 18.1. The number of hydrogen-bond acceptors (Lipinski definition) is 4. The third-order valence-electron chi connectivity index (χ3n) is 4.86. The Bertz CT molecular complexity index is 1250. The zero-order chi connectivity index (χ0) is 23.2. The second-order valence-electron chi connectivity index (χ2n) is 7.11. The Morgan fingerprint density at radius 3 is 2.24 bits per heavy atom. The lowest BCUT2D eigenvalue weighted by Crippen LogP contribution is -2.38. The fraction of sp³-hybridized carbons (Fsp3) is 0.125. The molecule has 9 heteroatoms. The normalized spacial score (nSPS) is 12.0. The highest BCUT2D eigenvalue weighted by Gasteiger charge is 2.24. The maximum atomic E-state index is 13.1. The van der Waals surface area contributed by atoms with E-state index in [1.54, 1.807) is 72.8 Å². The molecule has 2 amide bonds. The van der Waals surface area contributed by atoms with Crippen molar-refractivity contribution in [2.24, 2.45) is 0 Å². The number of alkyl halides is 2. The van der Waals surface area contributed by atoms with Crippen LogP contribution in [-0.4, -0.2) is 27.1 Å². The third-order valence-corrected chi connectivity index (χ3v) is 5.56. The van der Waals surface area contributed by atoms with E-state index >= 15 is 0 Å². The standard InChI is InChI=1S/C24H20F2N4O2S/c25-23(26)33-24-28-18-13-7-8-14-19(18)30(24)15-20(31)29-21(16-9-3-1-4-10-16)22(32)27-17-11-5-2-6-12-17/h1-14,21,23H,15H2,(H,27,32)(H,29,31). The Kier molecular flexibility index (Phi) is 6.99. The van der Waals surface area contributed by atoms with Crippen LogP contribution in [0.2, 0.25) is 0 Å². The molecule has 0 bridgehead atoms. The van der Waals surface area contributed by atoms with Crippen LogP contribution in [0.3, 0.4) is 0 Å². The molecular weight excluding hydrogens is 446 g/mol. The van der Waals surface area contributed by atoms with E-state index in [0.717, 1.165) is 0 Å². The van der Waals surface area contributed by atoms with Crippen molar-refractivity contribution in [2.45, 2.75) is 23.5 Å². The van der Waals surface area contributed by atoms with Crippen LogP contribution >= 0.6 is 11.8 Å². The predicted molar refractivity (Wildman–Crippen MR) is 124 cm³/mol. The molecule has 0 spiro atoms. The van der Waals surface area contributed by atoms with E-state index in [2.05, 4.69) is 15.6 Å². The van der Waals surface area contributed by atoms with Crippen LogP contribution in [0.4, 0.5) is 14.5 Å². The summed E-state index contributed by atoms with van der Waals surface area (Å²) in [5.74, 6) is -3.61. The highest BCUT2D eigenvalue weighted by Crippen LogP contribution is 2.28. The summed E-state index contributed by atoms with van der Waals surface area (Å²) in [7, 11) is 0. The topological polar surface area (TPSA) is 76.0 Å². The molecule has 2 N–H and O–H groups in total. The van der Waals surface area contributed by atoms with Crippen LogP contribution in [0.15, 0.2) is 90.1 Å². The van der Waals surface area contributed by atoms with Crippen molar-refractivity contribution < 1.29 is 18.4 Å². The summed E-state index contributed by atoms with van der Waals surface area (Å²) < 4.78 is 27.6. The summed E-state index contributed by atoms with van der Waals surface area (Å²) in [6.07, 6.45) is 0. The number of nitrogens with zero attached hydrogens (tertiary/aromatic N) is 2. The van der Waals surface area contributed by atoms with Gasteiger partial charge in [0.15, 0.2) is 5.16 Å². The minimum Gasteiger partial charge on any atom is -0.339 e. The summed E-state index contributed by atoms with van der Waals surface area (Å²) in [4.78, 5) is 30.2. The molecule has 1 heterocycles. The van der Waals surface area contributed by atoms with Crippen molar-refractivity contribution in [1.29, 1.82) is 0 Å². The van der Waals surface area contributed by atoms with Crippen LogP contribution in [0, 0.1) is 0 Å². The minimum atomic E-state index is -2.68. The number of aromatic nitrogens is 2. The predicted octanol–water partition coefficient (Wildman–Crippen LogP) is 4.85. The first-order valence-electron chi connectivity index (χ1n) is 10.1. The molecule has 0 aliphatic heterocycles. The summed E-state index contributed by atoms with van der Waals surface area (Å²) in [6, 6.07) is 23.6. The number of carbonyl (C=O) groups is 2. The largest absolute Gasteiger partial charge is 0.339 e. The molecule has 0 aliphatic rings. The van der Waals surface area contributed by atoms with Crippen LogP contribution in [0.1, 0.15) is 11.6 Å². The quantitative estimate of drug-likeness (QED) is 0.364. The van der Waals surface area contributed by atoms with Crippen molar-refractivity contribution in [3.05, 3.63) is 90.5 Å². The smallest absolute Gasteiger partial charge is 0.291 e. The molecule has 1 aromatic heterocycles. The Hall–Kier alpha value is -3.72. The van der Waals surface area contributed by atoms with Crippen molar-refractivity contribution >= 4 is 40.3 Å². The lowest BCUT2D eigenvalue weighted by molar-refractivity contribution is -0.127. The number of halogens is 2.